The highest BCUT2D eigenvalue weighted by Crippen LogP contribution is 2.27. The van der Waals surface area contributed by atoms with E-state index in [9.17, 15) is 22.8 Å². The molecule has 3 aromatic rings. The predicted octanol–water partition coefficient (Wildman–Crippen LogP) is 7.23. The van der Waals surface area contributed by atoms with Gasteiger partial charge in [0.1, 0.15) is 6.10 Å². The van der Waals surface area contributed by atoms with E-state index >= 15 is 0 Å². The summed E-state index contributed by atoms with van der Waals surface area (Å²) in [5.74, 6) is -2.25. The first-order valence-electron chi connectivity index (χ1n) is 13.7. The van der Waals surface area contributed by atoms with Crippen LogP contribution in [0.3, 0.4) is 0 Å². The number of carbonyl (C=O) groups excluding carboxylic acids is 2. The van der Waals surface area contributed by atoms with Gasteiger partial charge in [-0.3, -0.25) is 4.79 Å². The Morgan fingerprint density at radius 3 is 2.38 bits per heavy atom. The summed E-state index contributed by atoms with van der Waals surface area (Å²) in [7, 11) is 0. The molecule has 6 nitrogen and oxygen atoms in total. The van der Waals surface area contributed by atoms with Gasteiger partial charge < -0.3 is 19.9 Å². The number of nitrogens with one attached hydrogen (secondary N) is 2. The van der Waals surface area contributed by atoms with Gasteiger partial charge in [-0.15, -0.1) is 0 Å². The number of hydrogen-bond donors (Lipinski definition) is 2. The van der Waals surface area contributed by atoms with Gasteiger partial charge in [0, 0.05) is 42.3 Å². The average Bonchev–Trinajstić information content (AvgIpc) is 3.32. The minimum atomic E-state index is -5.11. The molecule has 0 bridgehead atoms. The van der Waals surface area contributed by atoms with E-state index in [1.54, 1.807) is 18.2 Å². The van der Waals surface area contributed by atoms with Crippen LogP contribution in [0.2, 0.25) is 5.02 Å². The molecule has 218 valence electrons. The summed E-state index contributed by atoms with van der Waals surface area (Å²) < 4.78 is 43.5. The van der Waals surface area contributed by atoms with E-state index in [4.69, 9.17) is 16.3 Å². The molecule has 0 spiro atoms. The van der Waals surface area contributed by atoms with Crippen molar-refractivity contribution in [3.8, 4) is 0 Å². The monoisotopic (exact) mass is 579 g/mol. The number of alkyl halides is 3. The van der Waals surface area contributed by atoms with Crippen molar-refractivity contribution in [2.45, 2.75) is 71.2 Å². The average molecular weight is 580 g/mol. The van der Waals surface area contributed by atoms with E-state index in [0.717, 1.165) is 42.1 Å². The number of nitrogens with zero attached hydrogens (tertiary/aromatic N) is 1. The second-order valence-electron chi connectivity index (χ2n) is 10.0. The first kappa shape index (κ1) is 31.5. The normalized spacial score (nSPS) is 13.3. The topological polar surface area (TPSA) is 74.4 Å². The second-order valence-corrected chi connectivity index (χ2v) is 10.4. The van der Waals surface area contributed by atoms with Gasteiger partial charge in [-0.25, -0.2) is 4.79 Å². The lowest BCUT2D eigenvalue weighted by Crippen LogP contribution is -2.35. The van der Waals surface area contributed by atoms with Crippen LogP contribution >= 0.6 is 11.6 Å². The van der Waals surface area contributed by atoms with Crippen LogP contribution in [-0.4, -0.2) is 53.6 Å². The van der Waals surface area contributed by atoms with E-state index in [1.807, 2.05) is 36.2 Å². The maximum absolute atomic E-state index is 13.5. The molecule has 0 aliphatic rings. The zero-order valence-corrected chi connectivity index (χ0v) is 23.9. The summed E-state index contributed by atoms with van der Waals surface area (Å²) in [6.07, 6.45) is 0.00122. The molecule has 3 rings (SSSR count). The summed E-state index contributed by atoms with van der Waals surface area (Å²) in [6, 6.07) is 11.7. The highest BCUT2D eigenvalue weighted by molar-refractivity contribution is 6.30. The van der Waals surface area contributed by atoms with Crippen LogP contribution in [0, 0.1) is 0 Å². The molecule has 2 aromatic carbocycles. The molecule has 0 fully saturated rings. The third kappa shape index (κ3) is 8.48. The van der Waals surface area contributed by atoms with Gasteiger partial charge in [0.25, 0.3) is 5.91 Å². The molecule has 1 heterocycles. The fourth-order valence-corrected chi connectivity index (χ4v) is 4.78. The van der Waals surface area contributed by atoms with Crippen LogP contribution < -0.4 is 5.32 Å². The van der Waals surface area contributed by atoms with Crippen molar-refractivity contribution < 1.29 is 27.5 Å². The number of carbonyl (C=O) groups is 2. The Morgan fingerprint density at radius 1 is 1.07 bits per heavy atom. The van der Waals surface area contributed by atoms with Crippen LogP contribution in [0.25, 0.3) is 10.9 Å². The number of ether oxygens (including phenoxy) is 1. The van der Waals surface area contributed by atoms with E-state index < -0.39 is 18.2 Å². The van der Waals surface area contributed by atoms with Gasteiger partial charge in [0.15, 0.2) is 0 Å². The summed E-state index contributed by atoms with van der Waals surface area (Å²) in [5.41, 5.74) is 2.71. The quantitative estimate of drug-likeness (QED) is 0.198. The lowest BCUT2D eigenvalue weighted by molar-refractivity contribution is -0.205. The maximum atomic E-state index is 13.5. The lowest BCUT2D eigenvalue weighted by atomic mass is 10.0. The number of amides is 1. The van der Waals surface area contributed by atoms with Gasteiger partial charge >= 0.3 is 12.1 Å². The molecule has 0 unspecified atom stereocenters. The Labute approximate surface area is 238 Å². The number of hydrogen-bond acceptors (Lipinski definition) is 4. The summed E-state index contributed by atoms with van der Waals surface area (Å²) in [6.45, 7) is 7.49. The molecule has 0 aliphatic heterocycles. The fraction of sp³-hybridized carbons (Fsp3) is 0.467. The number of aromatic amines is 1. The van der Waals surface area contributed by atoms with Crippen molar-refractivity contribution >= 4 is 34.4 Å². The van der Waals surface area contributed by atoms with Crippen molar-refractivity contribution in [1.82, 2.24) is 15.2 Å². The molecule has 0 saturated carbocycles. The van der Waals surface area contributed by atoms with Gasteiger partial charge in [0.2, 0.25) is 0 Å². The van der Waals surface area contributed by atoms with Crippen molar-refractivity contribution in [2.24, 2.45) is 0 Å². The van der Waals surface area contributed by atoms with Crippen molar-refractivity contribution in [3.05, 3.63) is 70.4 Å². The summed E-state index contributed by atoms with van der Waals surface area (Å²) in [5, 5.41) is 4.43. The summed E-state index contributed by atoms with van der Waals surface area (Å²) in [4.78, 5) is 30.2. The Balaban J connectivity index is 1.74. The summed E-state index contributed by atoms with van der Waals surface area (Å²) >= 11 is 6.02. The van der Waals surface area contributed by atoms with Crippen LogP contribution in [0.1, 0.15) is 74.0 Å². The standard InChI is InChI=1S/C30H37ClF3N3O3/c1-4-6-14-37(15-7-5-2)28(38)25-13-9-12-24-22(18-36-27(24)25)16-20(3)35-19-26(40-29(39)30(32,33)34)21-10-8-11-23(31)17-21/h8-13,17-18,20,26,35-36H,4-7,14-16,19H2,1-3H3/t20-,26+/m1/s1. The number of fused-ring (bicyclic) bond motifs is 1. The SMILES string of the molecule is CCCCN(CCCC)C(=O)c1cccc2c(C[C@@H](C)NC[C@H](OC(=O)C(F)(F)F)c3cccc(Cl)c3)c[nH]c12. The Morgan fingerprint density at radius 2 is 1.75 bits per heavy atom. The molecule has 0 saturated heterocycles. The molecule has 1 aromatic heterocycles. The van der Waals surface area contributed by atoms with Crippen LogP contribution in [0.15, 0.2) is 48.7 Å². The second kappa shape index (κ2) is 14.6. The van der Waals surface area contributed by atoms with Crippen LogP contribution in [0.4, 0.5) is 13.2 Å². The van der Waals surface area contributed by atoms with E-state index in [1.165, 1.54) is 6.07 Å². The first-order chi connectivity index (χ1) is 19.0. The number of benzene rings is 2. The van der Waals surface area contributed by atoms with Gasteiger partial charge in [-0.2, -0.15) is 13.2 Å². The third-order valence-corrected chi connectivity index (χ3v) is 7.00. The number of para-hydroxylation sites is 1. The third-order valence-electron chi connectivity index (χ3n) is 6.76. The minimum absolute atomic E-state index is 0.00270. The molecule has 2 atom stereocenters. The number of rotatable bonds is 14. The lowest BCUT2D eigenvalue weighted by Gasteiger charge is -2.23. The van der Waals surface area contributed by atoms with Crippen LogP contribution in [-0.2, 0) is 16.0 Å². The molecule has 0 radical (unpaired) electrons. The molecular formula is C30H37ClF3N3O3. The predicted molar refractivity (Wildman–Crippen MR) is 152 cm³/mol. The zero-order chi connectivity index (χ0) is 29.3. The number of unbranched alkanes of at least 4 members (excludes halogenated alkanes) is 2. The molecule has 40 heavy (non-hydrogen) atoms. The van der Waals surface area contributed by atoms with E-state index in [-0.39, 0.29) is 18.5 Å². The highest BCUT2D eigenvalue weighted by Gasteiger charge is 2.42. The Kier molecular flexibility index (Phi) is 11.5. The van der Waals surface area contributed by atoms with Gasteiger partial charge in [0.05, 0.1) is 11.1 Å². The van der Waals surface area contributed by atoms with Crippen molar-refractivity contribution in [3.63, 3.8) is 0 Å². The van der Waals surface area contributed by atoms with Gasteiger partial charge in [-0.05, 0) is 55.5 Å². The fourth-order valence-electron chi connectivity index (χ4n) is 4.58. The van der Waals surface area contributed by atoms with Crippen molar-refractivity contribution in [1.29, 1.82) is 0 Å². The van der Waals surface area contributed by atoms with Gasteiger partial charge in [-0.1, -0.05) is 62.6 Å². The van der Waals surface area contributed by atoms with E-state index in [0.29, 0.717) is 35.7 Å². The molecule has 0 aliphatic carbocycles. The number of halogens is 4. The zero-order valence-electron chi connectivity index (χ0n) is 23.1. The molecular weight excluding hydrogens is 543 g/mol. The molecule has 2 N–H and O–H groups in total. The maximum Gasteiger partial charge on any atom is 0.490 e. The van der Waals surface area contributed by atoms with Crippen LogP contribution in [0.5, 0.6) is 0 Å². The number of aromatic nitrogens is 1. The Hall–Kier alpha value is -3.04. The smallest absolute Gasteiger partial charge is 0.449 e. The highest BCUT2D eigenvalue weighted by atomic mass is 35.5. The molecule has 10 heteroatoms. The largest absolute Gasteiger partial charge is 0.490 e. The number of esters is 1. The first-order valence-corrected chi connectivity index (χ1v) is 14.1. The van der Waals surface area contributed by atoms with E-state index in [2.05, 4.69) is 24.1 Å². The minimum Gasteiger partial charge on any atom is -0.449 e. The Bertz CT molecular complexity index is 1270. The van der Waals surface area contributed by atoms with Crippen molar-refractivity contribution in [2.75, 3.05) is 19.6 Å². The number of H-pyrrole nitrogens is 1. The molecule has 1 amide bonds.